The van der Waals surface area contributed by atoms with Crippen LogP contribution in [-0.4, -0.2) is 30.6 Å². The number of nitrogens with one attached hydrogen (secondary N) is 2. The van der Waals surface area contributed by atoms with E-state index in [4.69, 9.17) is 0 Å². The van der Waals surface area contributed by atoms with Crippen molar-refractivity contribution in [3.8, 4) is 0 Å². The number of carbonyl (C=O) groups excluding carboxylic acids is 2. The van der Waals surface area contributed by atoms with Crippen molar-refractivity contribution in [1.82, 2.24) is 10.6 Å². The van der Waals surface area contributed by atoms with Crippen molar-refractivity contribution in [3.05, 3.63) is 0 Å². The molecule has 2 amide bonds. The number of hydrogen-bond acceptors (Lipinski definition) is 2. The Morgan fingerprint density at radius 1 is 1.60 bits per heavy atom. The van der Waals surface area contributed by atoms with Crippen LogP contribution in [0.15, 0.2) is 0 Å². The van der Waals surface area contributed by atoms with Crippen molar-refractivity contribution < 1.29 is 22.8 Å². The number of halogens is 3. The standard InChI is InChI=1S/C8H11F3N2O2/c1-4(5-2-6(14)12-3-5)13-7(15)8(9,10)11/h4-5H,2-3H2,1H3,(H,12,14)(H,13,15). The van der Waals surface area contributed by atoms with Gasteiger partial charge in [-0.1, -0.05) is 0 Å². The zero-order valence-corrected chi connectivity index (χ0v) is 8.02. The molecule has 2 unspecified atom stereocenters. The van der Waals surface area contributed by atoms with Gasteiger partial charge in [-0.2, -0.15) is 13.2 Å². The van der Waals surface area contributed by atoms with Crippen LogP contribution >= 0.6 is 0 Å². The molecule has 0 bridgehead atoms. The van der Waals surface area contributed by atoms with Gasteiger partial charge in [-0.05, 0) is 6.92 Å². The highest BCUT2D eigenvalue weighted by Crippen LogP contribution is 2.18. The van der Waals surface area contributed by atoms with E-state index in [1.54, 1.807) is 0 Å². The summed E-state index contributed by atoms with van der Waals surface area (Å²) in [4.78, 5) is 21.4. The van der Waals surface area contributed by atoms with E-state index in [0.29, 0.717) is 6.54 Å². The molecule has 7 heteroatoms. The minimum absolute atomic E-state index is 0.152. The lowest BCUT2D eigenvalue weighted by Crippen LogP contribution is -2.45. The second-order valence-corrected chi connectivity index (χ2v) is 3.53. The van der Waals surface area contributed by atoms with E-state index in [9.17, 15) is 22.8 Å². The summed E-state index contributed by atoms with van der Waals surface area (Å²) in [6.07, 6.45) is -4.72. The molecule has 1 aliphatic heterocycles. The maximum Gasteiger partial charge on any atom is 0.471 e. The Hall–Kier alpha value is -1.27. The molecule has 0 aromatic carbocycles. The number of rotatable bonds is 2. The van der Waals surface area contributed by atoms with E-state index in [2.05, 4.69) is 5.32 Å². The normalized spacial score (nSPS) is 23.5. The van der Waals surface area contributed by atoms with Crippen LogP contribution < -0.4 is 10.6 Å². The van der Waals surface area contributed by atoms with Gasteiger partial charge in [-0.3, -0.25) is 9.59 Å². The lowest BCUT2D eigenvalue weighted by atomic mass is 10.0. The molecular weight excluding hydrogens is 213 g/mol. The minimum atomic E-state index is -4.87. The fraction of sp³-hybridized carbons (Fsp3) is 0.750. The first-order chi connectivity index (χ1) is 6.80. The summed E-state index contributed by atoms with van der Waals surface area (Å²) in [5.41, 5.74) is 0. The molecule has 0 spiro atoms. The molecule has 86 valence electrons. The predicted octanol–water partition coefficient (Wildman–Crippen LogP) is 0.190. The van der Waals surface area contributed by atoms with Crippen LogP contribution in [0.3, 0.4) is 0 Å². The molecule has 1 rings (SSSR count). The maximum atomic E-state index is 11.9. The number of hydrogen-bond donors (Lipinski definition) is 2. The van der Waals surface area contributed by atoms with E-state index < -0.39 is 18.1 Å². The van der Waals surface area contributed by atoms with E-state index in [0.717, 1.165) is 0 Å². The van der Waals surface area contributed by atoms with Gasteiger partial charge < -0.3 is 10.6 Å². The van der Waals surface area contributed by atoms with Crippen molar-refractivity contribution >= 4 is 11.8 Å². The van der Waals surface area contributed by atoms with Gasteiger partial charge in [0.15, 0.2) is 0 Å². The van der Waals surface area contributed by atoms with Crippen LogP contribution in [0.25, 0.3) is 0 Å². The molecule has 4 nitrogen and oxygen atoms in total. The van der Waals surface area contributed by atoms with Crippen LogP contribution in [0.5, 0.6) is 0 Å². The minimum Gasteiger partial charge on any atom is -0.356 e. The summed E-state index contributed by atoms with van der Waals surface area (Å²) in [5.74, 6) is -2.44. The molecule has 0 aliphatic carbocycles. The first-order valence-corrected chi connectivity index (χ1v) is 4.45. The third-order valence-electron chi connectivity index (χ3n) is 2.33. The lowest BCUT2D eigenvalue weighted by Gasteiger charge is -2.19. The Balaban J connectivity index is 2.45. The Morgan fingerprint density at radius 3 is 2.60 bits per heavy atom. The van der Waals surface area contributed by atoms with Crippen LogP contribution in [0.2, 0.25) is 0 Å². The van der Waals surface area contributed by atoms with Gasteiger partial charge in [0.25, 0.3) is 0 Å². The quantitative estimate of drug-likeness (QED) is 0.703. The zero-order chi connectivity index (χ0) is 11.6. The molecule has 0 aromatic rings. The number of carbonyl (C=O) groups is 2. The van der Waals surface area contributed by atoms with E-state index >= 15 is 0 Å². The third-order valence-corrected chi connectivity index (χ3v) is 2.33. The first-order valence-electron chi connectivity index (χ1n) is 4.45. The summed E-state index contributed by atoms with van der Waals surface area (Å²) < 4.78 is 35.6. The first kappa shape index (κ1) is 11.8. The maximum absolute atomic E-state index is 11.9. The van der Waals surface area contributed by atoms with Crippen molar-refractivity contribution in [2.24, 2.45) is 5.92 Å². The summed E-state index contributed by atoms with van der Waals surface area (Å²) in [6, 6.07) is -0.668. The van der Waals surface area contributed by atoms with Gasteiger partial charge in [0, 0.05) is 24.9 Å². The molecular formula is C8H11F3N2O2. The average molecular weight is 224 g/mol. The van der Waals surface area contributed by atoms with Gasteiger partial charge in [0.05, 0.1) is 0 Å². The fourth-order valence-corrected chi connectivity index (χ4v) is 1.39. The van der Waals surface area contributed by atoms with E-state index in [-0.39, 0.29) is 18.2 Å². The summed E-state index contributed by atoms with van der Waals surface area (Å²) in [5, 5.41) is 4.32. The van der Waals surface area contributed by atoms with Crippen molar-refractivity contribution in [2.45, 2.75) is 25.6 Å². The van der Waals surface area contributed by atoms with Crippen molar-refractivity contribution in [3.63, 3.8) is 0 Å². The summed E-state index contributed by atoms with van der Waals surface area (Å²) in [6.45, 7) is 1.76. The Bertz CT molecular complexity index is 278. The largest absolute Gasteiger partial charge is 0.471 e. The molecule has 1 heterocycles. The summed E-state index contributed by atoms with van der Waals surface area (Å²) >= 11 is 0. The molecule has 2 N–H and O–H groups in total. The molecule has 0 aromatic heterocycles. The molecule has 0 saturated carbocycles. The molecule has 15 heavy (non-hydrogen) atoms. The summed E-state index contributed by atoms with van der Waals surface area (Å²) in [7, 11) is 0. The zero-order valence-electron chi connectivity index (χ0n) is 8.02. The number of amides is 2. The van der Waals surface area contributed by atoms with Crippen molar-refractivity contribution in [2.75, 3.05) is 6.54 Å². The highest BCUT2D eigenvalue weighted by atomic mass is 19.4. The van der Waals surface area contributed by atoms with Crippen molar-refractivity contribution in [1.29, 1.82) is 0 Å². The molecule has 2 atom stereocenters. The van der Waals surface area contributed by atoms with E-state index in [1.807, 2.05) is 5.32 Å². The molecule has 0 radical (unpaired) electrons. The Morgan fingerprint density at radius 2 is 2.20 bits per heavy atom. The second kappa shape index (κ2) is 4.08. The van der Waals surface area contributed by atoms with Crippen LogP contribution in [0.4, 0.5) is 13.2 Å². The molecule has 1 fully saturated rings. The second-order valence-electron chi connectivity index (χ2n) is 3.53. The average Bonchev–Trinajstić information content (AvgIpc) is 2.50. The Labute approximate surface area is 84.2 Å². The van der Waals surface area contributed by atoms with Crippen LogP contribution in [0.1, 0.15) is 13.3 Å². The SMILES string of the molecule is CC(NC(=O)C(F)(F)F)C1CNC(=O)C1. The monoisotopic (exact) mass is 224 g/mol. The number of alkyl halides is 3. The topological polar surface area (TPSA) is 58.2 Å². The van der Waals surface area contributed by atoms with Crippen LogP contribution in [-0.2, 0) is 9.59 Å². The molecule has 1 saturated heterocycles. The highest BCUT2D eigenvalue weighted by Gasteiger charge is 2.40. The van der Waals surface area contributed by atoms with Gasteiger partial charge in [0.1, 0.15) is 0 Å². The predicted molar refractivity (Wildman–Crippen MR) is 44.8 cm³/mol. The van der Waals surface area contributed by atoms with Gasteiger partial charge >= 0.3 is 12.1 Å². The fourth-order valence-electron chi connectivity index (χ4n) is 1.39. The smallest absolute Gasteiger partial charge is 0.356 e. The highest BCUT2D eigenvalue weighted by molar-refractivity contribution is 5.82. The third kappa shape index (κ3) is 3.10. The Kier molecular flexibility index (Phi) is 3.21. The van der Waals surface area contributed by atoms with Gasteiger partial charge in [-0.15, -0.1) is 0 Å². The van der Waals surface area contributed by atoms with Gasteiger partial charge in [-0.25, -0.2) is 0 Å². The van der Waals surface area contributed by atoms with Crippen LogP contribution in [0, 0.1) is 5.92 Å². The van der Waals surface area contributed by atoms with E-state index in [1.165, 1.54) is 6.92 Å². The lowest BCUT2D eigenvalue weighted by molar-refractivity contribution is -0.174. The van der Waals surface area contributed by atoms with Gasteiger partial charge in [0.2, 0.25) is 5.91 Å². The molecule has 1 aliphatic rings.